The van der Waals surface area contributed by atoms with Gasteiger partial charge in [-0.2, -0.15) is 11.8 Å². The molecule has 104 valence electrons. The maximum absolute atomic E-state index is 11.0. The number of carbonyl (C=O) groups is 1. The van der Waals surface area contributed by atoms with Crippen LogP contribution in [0.15, 0.2) is 12.1 Å². The van der Waals surface area contributed by atoms with E-state index in [1.54, 1.807) is 6.07 Å². The van der Waals surface area contributed by atoms with E-state index < -0.39 is 5.97 Å². The fourth-order valence-corrected chi connectivity index (χ4v) is 3.80. The van der Waals surface area contributed by atoms with Gasteiger partial charge in [-0.15, -0.1) is 0 Å². The Hall–Kier alpha value is -0.940. The SMILES string of the molecule is CCSC1CCCC1Nc1cc(C(=O)O)cc(Cl)n1. The van der Waals surface area contributed by atoms with Gasteiger partial charge in [0.05, 0.1) is 5.56 Å². The van der Waals surface area contributed by atoms with Gasteiger partial charge in [-0.05, 0) is 30.7 Å². The smallest absolute Gasteiger partial charge is 0.335 e. The number of nitrogens with zero attached hydrogens (tertiary/aromatic N) is 1. The molecule has 0 aromatic carbocycles. The Bertz CT molecular complexity index is 470. The molecule has 1 aliphatic carbocycles. The molecule has 0 radical (unpaired) electrons. The minimum absolute atomic E-state index is 0.167. The van der Waals surface area contributed by atoms with Gasteiger partial charge in [0, 0.05) is 11.3 Å². The summed E-state index contributed by atoms with van der Waals surface area (Å²) in [6, 6.07) is 3.25. The highest BCUT2D eigenvalue weighted by atomic mass is 35.5. The van der Waals surface area contributed by atoms with Crippen LogP contribution in [0.3, 0.4) is 0 Å². The van der Waals surface area contributed by atoms with E-state index >= 15 is 0 Å². The van der Waals surface area contributed by atoms with Gasteiger partial charge >= 0.3 is 5.97 Å². The van der Waals surface area contributed by atoms with Crippen molar-refractivity contribution >= 4 is 35.1 Å². The third-order valence-electron chi connectivity index (χ3n) is 3.21. The first-order chi connectivity index (χ1) is 9.10. The van der Waals surface area contributed by atoms with Gasteiger partial charge in [0.1, 0.15) is 11.0 Å². The summed E-state index contributed by atoms with van der Waals surface area (Å²) in [7, 11) is 0. The molecule has 1 aromatic heterocycles. The molecular weight excluding hydrogens is 284 g/mol. The maximum atomic E-state index is 11.0. The number of rotatable bonds is 5. The Morgan fingerprint density at radius 3 is 3.05 bits per heavy atom. The number of aromatic carboxylic acids is 1. The van der Waals surface area contributed by atoms with E-state index in [1.165, 1.54) is 18.9 Å². The van der Waals surface area contributed by atoms with E-state index in [0.29, 0.717) is 17.1 Å². The number of pyridine rings is 1. The van der Waals surface area contributed by atoms with Crippen molar-refractivity contribution in [2.75, 3.05) is 11.1 Å². The molecule has 6 heteroatoms. The number of thioether (sulfide) groups is 1. The zero-order valence-corrected chi connectivity index (χ0v) is 12.3. The van der Waals surface area contributed by atoms with Crippen LogP contribution < -0.4 is 5.32 Å². The Morgan fingerprint density at radius 1 is 1.58 bits per heavy atom. The second-order valence-electron chi connectivity index (χ2n) is 4.54. The van der Waals surface area contributed by atoms with Crippen LogP contribution in [0.1, 0.15) is 36.5 Å². The fourth-order valence-electron chi connectivity index (χ4n) is 2.39. The van der Waals surface area contributed by atoms with Gasteiger partial charge in [0.2, 0.25) is 0 Å². The number of hydrogen-bond acceptors (Lipinski definition) is 4. The summed E-state index contributed by atoms with van der Waals surface area (Å²) in [5, 5.41) is 13.1. The largest absolute Gasteiger partial charge is 0.478 e. The highest BCUT2D eigenvalue weighted by Gasteiger charge is 2.27. The summed E-state index contributed by atoms with van der Waals surface area (Å²) in [4.78, 5) is 15.1. The van der Waals surface area contributed by atoms with E-state index in [2.05, 4.69) is 17.2 Å². The number of halogens is 1. The first-order valence-electron chi connectivity index (χ1n) is 6.39. The second kappa shape index (κ2) is 6.48. The van der Waals surface area contributed by atoms with Gasteiger partial charge in [0.15, 0.2) is 0 Å². The van der Waals surface area contributed by atoms with Crippen LogP contribution >= 0.6 is 23.4 Å². The molecular formula is C13H17ClN2O2S. The lowest BCUT2D eigenvalue weighted by molar-refractivity contribution is 0.0697. The average molecular weight is 301 g/mol. The minimum atomic E-state index is -0.988. The Labute approximate surface area is 121 Å². The molecule has 1 aromatic rings. The standard InChI is InChI=1S/C13H17ClN2O2S/c1-2-19-10-5-3-4-9(10)15-12-7-8(13(17)18)6-11(14)16-12/h6-7,9-10H,2-5H2,1H3,(H,15,16)(H,17,18). The number of aromatic nitrogens is 1. The highest BCUT2D eigenvalue weighted by molar-refractivity contribution is 7.99. The van der Waals surface area contributed by atoms with Crippen LogP contribution in [-0.2, 0) is 0 Å². The van der Waals surface area contributed by atoms with Gasteiger partial charge in [0.25, 0.3) is 0 Å². The van der Waals surface area contributed by atoms with Crippen LogP contribution in [-0.4, -0.2) is 33.1 Å². The molecule has 1 fully saturated rings. The van der Waals surface area contributed by atoms with E-state index in [-0.39, 0.29) is 10.7 Å². The van der Waals surface area contributed by atoms with Crippen LogP contribution in [0, 0.1) is 0 Å². The van der Waals surface area contributed by atoms with Crippen molar-refractivity contribution in [3.63, 3.8) is 0 Å². The number of hydrogen-bond donors (Lipinski definition) is 2. The summed E-state index contributed by atoms with van der Waals surface area (Å²) in [5.74, 6) is 0.656. The molecule has 2 unspecified atom stereocenters. The van der Waals surface area contributed by atoms with Crippen molar-refractivity contribution in [2.45, 2.75) is 37.5 Å². The van der Waals surface area contributed by atoms with Crippen molar-refractivity contribution in [3.8, 4) is 0 Å². The second-order valence-corrected chi connectivity index (χ2v) is 6.45. The number of carboxylic acid groups (broad SMARTS) is 1. The quantitative estimate of drug-likeness (QED) is 0.815. The molecule has 1 heterocycles. The first kappa shape index (κ1) is 14.5. The van der Waals surface area contributed by atoms with E-state index in [9.17, 15) is 4.79 Å². The van der Waals surface area contributed by atoms with E-state index in [4.69, 9.17) is 16.7 Å². The topological polar surface area (TPSA) is 62.2 Å². The van der Waals surface area contributed by atoms with Gasteiger partial charge in [-0.25, -0.2) is 9.78 Å². The highest BCUT2D eigenvalue weighted by Crippen LogP contribution is 2.32. The molecule has 2 atom stereocenters. The summed E-state index contributed by atoms with van der Waals surface area (Å²) >= 11 is 7.80. The Kier molecular flexibility index (Phi) is 4.93. The lowest BCUT2D eigenvalue weighted by atomic mass is 10.2. The first-order valence-corrected chi connectivity index (χ1v) is 7.82. The zero-order valence-electron chi connectivity index (χ0n) is 10.7. The van der Waals surface area contributed by atoms with Crippen molar-refractivity contribution in [3.05, 3.63) is 22.8 Å². The monoisotopic (exact) mass is 300 g/mol. The average Bonchev–Trinajstić information content (AvgIpc) is 2.76. The van der Waals surface area contributed by atoms with Gasteiger partial charge < -0.3 is 10.4 Å². The summed E-state index contributed by atoms with van der Waals surface area (Å²) in [6.45, 7) is 2.15. The minimum Gasteiger partial charge on any atom is -0.478 e. The van der Waals surface area contributed by atoms with Gasteiger partial charge in [-0.3, -0.25) is 0 Å². The predicted molar refractivity (Wildman–Crippen MR) is 79.4 cm³/mol. The Morgan fingerprint density at radius 2 is 2.37 bits per heavy atom. The number of anilines is 1. The third kappa shape index (κ3) is 3.76. The van der Waals surface area contributed by atoms with E-state index in [1.807, 2.05) is 11.8 Å². The molecule has 0 aliphatic heterocycles. The van der Waals surface area contributed by atoms with Crippen molar-refractivity contribution in [2.24, 2.45) is 0 Å². The lowest BCUT2D eigenvalue weighted by Gasteiger charge is -2.20. The molecule has 1 aliphatic rings. The van der Waals surface area contributed by atoms with Crippen LogP contribution in [0.25, 0.3) is 0 Å². The summed E-state index contributed by atoms with van der Waals surface area (Å²) < 4.78 is 0. The van der Waals surface area contributed by atoms with E-state index in [0.717, 1.165) is 12.2 Å². The maximum Gasteiger partial charge on any atom is 0.335 e. The number of nitrogens with one attached hydrogen (secondary N) is 1. The molecule has 19 heavy (non-hydrogen) atoms. The van der Waals surface area contributed by atoms with Crippen LogP contribution in [0.2, 0.25) is 5.15 Å². The van der Waals surface area contributed by atoms with Gasteiger partial charge in [-0.1, -0.05) is 24.9 Å². The van der Waals surface area contributed by atoms with Crippen molar-refractivity contribution in [1.82, 2.24) is 4.98 Å². The Balaban J connectivity index is 2.12. The van der Waals surface area contributed by atoms with Crippen LogP contribution in [0.5, 0.6) is 0 Å². The molecule has 4 nitrogen and oxygen atoms in total. The normalized spacial score (nSPS) is 22.4. The molecule has 2 N–H and O–H groups in total. The molecule has 2 rings (SSSR count). The number of carboxylic acids is 1. The summed E-state index contributed by atoms with van der Waals surface area (Å²) in [6.07, 6.45) is 3.48. The molecule has 0 bridgehead atoms. The summed E-state index contributed by atoms with van der Waals surface area (Å²) in [5.41, 5.74) is 0.167. The third-order valence-corrected chi connectivity index (χ3v) is 4.73. The molecule has 0 amide bonds. The van der Waals surface area contributed by atoms with Crippen molar-refractivity contribution < 1.29 is 9.90 Å². The molecule has 1 saturated carbocycles. The van der Waals surface area contributed by atoms with Crippen molar-refractivity contribution in [1.29, 1.82) is 0 Å². The fraction of sp³-hybridized carbons (Fsp3) is 0.538. The van der Waals surface area contributed by atoms with Crippen LogP contribution in [0.4, 0.5) is 5.82 Å². The predicted octanol–water partition coefficient (Wildman–Crippen LogP) is 3.52. The lowest BCUT2D eigenvalue weighted by Crippen LogP contribution is -2.26. The molecule has 0 saturated heterocycles. The zero-order chi connectivity index (χ0) is 13.8. The molecule has 0 spiro atoms.